The summed E-state index contributed by atoms with van der Waals surface area (Å²) < 4.78 is 30.9. The van der Waals surface area contributed by atoms with Gasteiger partial charge >= 0.3 is 0 Å². The second kappa shape index (κ2) is 4.79. The van der Waals surface area contributed by atoms with E-state index in [2.05, 4.69) is 4.98 Å². The first-order valence-electron chi connectivity index (χ1n) is 6.70. The number of hydrogen-bond acceptors (Lipinski definition) is 3. The first kappa shape index (κ1) is 13.5. The maximum atomic E-state index is 12.0. The SMILES string of the molecule is CCS(=O)(=O)N1CCc2[nH]c3ccc(OC)cc3c2C1. The van der Waals surface area contributed by atoms with Gasteiger partial charge in [-0.1, -0.05) is 0 Å². The Hall–Kier alpha value is -1.53. The molecule has 0 amide bonds. The molecule has 5 nitrogen and oxygen atoms in total. The Morgan fingerprint density at radius 2 is 2.20 bits per heavy atom. The Morgan fingerprint density at radius 1 is 1.40 bits per heavy atom. The van der Waals surface area contributed by atoms with E-state index in [-0.39, 0.29) is 5.75 Å². The smallest absolute Gasteiger partial charge is 0.214 e. The molecule has 108 valence electrons. The molecule has 1 aromatic carbocycles. The highest BCUT2D eigenvalue weighted by molar-refractivity contribution is 7.89. The molecule has 2 aromatic rings. The summed E-state index contributed by atoms with van der Waals surface area (Å²) in [7, 11) is -1.50. The molecule has 0 unspecified atom stereocenters. The van der Waals surface area contributed by atoms with E-state index in [0.29, 0.717) is 13.1 Å². The van der Waals surface area contributed by atoms with Gasteiger partial charge in [0.2, 0.25) is 10.0 Å². The summed E-state index contributed by atoms with van der Waals surface area (Å²) in [5, 5.41) is 1.05. The molecule has 0 saturated heterocycles. The van der Waals surface area contributed by atoms with Gasteiger partial charge in [-0.05, 0) is 30.7 Å². The molecule has 3 rings (SSSR count). The quantitative estimate of drug-likeness (QED) is 0.940. The second-order valence-electron chi connectivity index (χ2n) is 4.98. The van der Waals surface area contributed by atoms with Crippen LogP contribution in [0.25, 0.3) is 10.9 Å². The third-order valence-electron chi connectivity index (χ3n) is 3.91. The van der Waals surface area contributed by atoms with Gasteiger partial charge in [0.1, 0.15) is 5.75 Å². The van der Waals surface area contributed by atoms with E-state index < -0.39 is 10.0 Å². The van der Waals surface area contributed by atoms with Crippen LogP contribution in [0.5, 0.6) is 5.75 Å². The minimum Gasteiger partial charge on any atom is -0.497 e. The number of hydrogen-bond donors (Lipinski definition) is 1. The average Bonchev–Trinajstić information content (AvgIpc) is 2.83. The van der Waals surface area contributed by atoms with E-state index in [1.165, 1.54) is 0 Å². The Kier molecular flexibility index (Phi) is 3.22. The van der Waals surface area contributed by atoms with E-state index in [4.69, 9.17) is 4.74 Å². The summed E-state index contributed by atoms with van der Waals surface area (Å²) in [6.45, 7) is 2.68. The Morgan fingerprint density at radius 3 is 2.90 bits per heavy atom. The number of nitrogens with zero attached hydrogens (tertiary/aromatic N) is 1. The lowest BCUT2D eigenvalue weighted by molar-refractivity contribution is 0.392. The van der Waals surface area contributed by atoms with Gasteiger partial charge in [-0.25, -0.2) is 8.42 Å². The first-order chi connectivity index (χ1) is 9.55. The van der Waals surface area contributed by atoms with Crippen LogP contribution in [-0.4, -0.2) is 37.1 Å². The molecule has 0 saturated carbocycles. The van der Waals surface area contributed by atoms with Crippen LogP contribution in [-0.2, 0) is 23.0 Å². The molecule has 1 aliphatic rings. The molecule has 1 aromatic heterocycles. The zero-order chi connectivity index (χ0) is 14.3. The normalized spacial score (nSPS) is 16.3. The lowest BCUT2D eigenvalue weighted by Gasteiger charge is -2.25. The molecule has 1 aliphatic heterocycles. The van der Waals surface area contributed by atoms with Gasteiger partial charge in [0.15, 0.2) is 0 Å². The van der Waals surface area contributed by atoms with E-state index >= 15 is 0 Å². The highest BCUT2D eigenvalue weighted by Gasteiger charge is 2.27. The molecule has 20 heavy (non-hydrogen) atoms. The van der Waals surface area contributed by atoms with Crippen LogP contribution in [0.15, 0.2) is 18.2 Å². The molecule has 0 aliphatic carbocycles. The monoisotopic (exact) mass is 294 g/mol. The van der Waals surface area contributed by atoms with Crippen LogP contribution in [0.3, 0.4) is 0 Å². The maximum absolute atomic E-state index is 12.0. The van der Waals surface area contributed by atoms with Crippen molar-refractivity contribution in [3.05, 3.63) is 29.5 Å². The molecule has 6 heteroatoms. The highest BCUT2D eigenvalue weighted by Crippen LogP contribution is 2.31. The number of benzene rings is 1. The number of fused-ring (bicyclic) bond motifs is 3. The average molecular weight is 294 g/mol. The number of rotatable bonds is 3. The number of nitrogens with one attached hydrogen (secondary N) is 1. The van der Waals surface area contributed by atoms with Crippen LogP contribution in [0.4, 0.5) is 0 Å². The third kappa shape index (κ3) is 2.09. The van der Waals surface area contributed by atoms with Gasteiger partial charge in [-0.3, -0.25) is 0 Å². The first-order valence-corrected chi connectivity index (χ1v) is 8.31. The molecule has 1 N–H and O–H groups in total. The standard InChI is InChI=1S/C14H18N2O3S/c1-3-20(17,18)16-7-6-14-12(9-16)11-8-10(19-2)4-5-13(11)15-14/h4-5,8,15H,3,6-7,9H2,1-2H3. The van der Waals surface area contributed by atoms with Crippen molar-refractivity contribution in [3.63, 3.8) is 0 Å². The van der Waals surface area contributed by atoms with Crippen LogP contribution in [0.1, 0.15) is 18.2 Å². The minimum atomic E-state index is -3.14. The maximum Gasteiger partial charge on any atom is 0.214 e. The van der Waals surface area contributed by atoms with Crippen molar-refractivity contribution >= 4 is 20.9 Å². The van der Waals surface area contributed by atoms with Crippen molar-refractivity contribution in [2.24, 2.45) is 0 Å². The fraction of sp³-hybridized carbons (Fsp3) is 0.429. The Balaban J connectivity index is 2.07. The van der Waals surface area contributed by atoms with Gasteiger partial charge in [-0.15, -0.1) is 0 Å². The molecule has 0 spiro atoms. The lowest BCUT2D eigenvalue weighted by atomic mass is 10.1. The number of ether oxygens (including phenoxy) is 1. The van der Waals surface area contributed by atoms with Gasteiger partial charge in [-0.2, -0.15) is 4.31 Å². The fourth-order valence-electron chi connectivity index (χ4n) is 2.72. The molecule has 0 atom stereocenters. The second-order valence-corrected chi connectivity index (χ2v) is 7.24. The van der Waals surface area contributed by atoms with Crippen LogP contribution in [0, 0.1) is 0 Å². The van der Waals surface area contributed by atoms with Crippen LogP contribution < -0.4 is 4.74 Å². The minimum absolute atomic E-state index is 0.147. The number of methoxy groups -OCH3 is 1. The molecule has 0 radical (unpaired) electrons. The van der Waals surface area contributed by atoms with Gasteiger partial charge < -0.3 is 9.72 Å². The number of H-pyrrole nitrogens is 1. The van der Waals surface area contributed by atoms with E-state index in [9.17, 15) is 8.42 Å². The molecule has 0 fully saturated rings. The zero-order valence-electron chi connectivity index (χ0n) is 11.6. The largest absolute Gasteiger partial charge is 0.497 e. The summed E-state index contributed by atoms with van der Waals surface area (Å²) in [4.78, 5) is 3.38. The summed E-state index contributed by atoms with van der Waals surface area (Å²) in [6, 6.07) is 5.85. The Labute approximate surface area is 118 Å². The molecule has 2 heterocycles. The van der Waals surface area contributed by atoms with Crippen molar-refractivity contribution in [2.45, 2.75) is 19.9 Å². The third-order valence-corrected chi connectivity index (χ3v) is 5.73. The topological polar surface area (TPSA) is 62.4 Å². The number of sulfonamides is 1. The van der Waals surface area contributed by atoms with Crippen molar-refractivity contribution in [2.75, 3.05) is 19.4 Å². The number of aromatic nitrogens is 1. The van der Waals surface area contributed by atoms with Crippen molar-refractivity contribution < 1.29 is 13.2 Å². The lowest BCUT2D eigenvalue weighted by Crippen LogP contribution is -2.36. The summed E-state index contributed by atoms with van der Waals surface area (Å²) in [5.41, 5.74) is 3.24. The number of aromatic amines is 1. The van der Waals surface area contributed by atoms with E-state index in [0.717, 1.165) is 34.3 Å². The van der Waals surface area contributed by atoms with Crippen LogP contribution in [0.2, 0.25) is 0 Å². The van der Waals surface area contributed by atoms with Gasteiger partial charge in [0, 0.05) is 36.1 Å². The summed E-state index contributed by atoms with van der Waals surface area (Å²) >= 11 is 0. The summed E-state index contributed by atoms with van der Waals surface area (Å²) in [6.07, 6.45) is 0.728. The van der Waals surface area contributed by atoms with Crippen molar-refractivity contribution in [1.82, 2.24) is 9.29 Å². The molecular weight excluding hydrogens is 276 g/mol. The van der Waals surface area contributed by atoms with Gasteiger partial charge in [0.25, 0.3) is 0 Å². The highest BCUT2D eigenvalue weighted by atomic mass is 32.2. The molecular formula is C14H18N2O3S. The zero-order valence-corrected chi connectivity index (χ0v) is 12.5. The van der Waals surface area contributed by atoms with Gasteiger partial charge in [0.05, 0.1) is 12.9 Å². The summed E-state index contributed by atoms with van der Waals surface area (Å²) in [5.74, 6) is 0.934. The Bertz CT molecular complexity index is 749. The predicted molar refractivity (Wildman–Crippen MR) is 78.4 cm³/mol. The van der Waals surface area contributed by atoms with E-state index in [1.54, 1.807) is 18.3 Å². The fourth-order valence-corrected chi connectivity index (χ4v) is 3.78. The molecule has 0 bridgehead atoms. The van der Waals surface area contributed by atoms with Crippen molar-refractivity contribution in [3.8, 4) is 5.75 Å². The van der Waals surface area contributed by atoms with E-state index in [1.807, 2.05) is 18.2 Å². The van der Waals surface area contributed by atoms with Crippen molar-refractivity contribution in [1.29, 1.82) is 0 Å². The van der Waals surface area contributed by atoms with Crippen LogP contribution >= 0.6 is 0 Å². The predicted octanol–water partition coefficient (Wildman–Crippen LogP) is 1.88.